The second-order valence-electron chi connectivity index (χ2n) is 7.77. The molecule has 2 aromatic carbocycles. The third kappa shape index (κ3) is 2.48. The fourth-order valence-electron chi connectivity index (χ4n) is 4.32. The van der Waals surface area contributed by atoms with E-state index in [1.54, 1.807) is 0 Å². The number of hydrogen-bond donors (Lipinski definition) is 0. The Kier molecular flexibility index (Phi) is 3.68. The van der Waals surface area contributed by atoms with E-state index < -0.39 is 0 Å². The number of hydrogen-bond acceptors (Lipinski definition) is 2. The molecule has 2 atom stereocenters. The van der Waals surface area contributed by atoms with Crippen LogP contribution >= 0.6 is 11.8 Å². The minimum Gasteiger partial charge on any atom is -0.363 e. The van der Waals surface area contributed by atoms with Crippen molar-refractivity contribution in [3.63, 3.8) is 0 Å². The first-order chi connectivity index (χ1) is 11.1. The average Bonchev–Trinajstić information content (AvgIpc) is 2.67. The first-order valence-corrected chi connectivity index (χ1v) is 9.75. The summed E-state index contributed by atoms with van der Waals surface area (Å²) < 4.78 is 0. The minimum atomic E-state index is 0.202. The van der Waals surface area contributed by atoms with Crippen LogP contribution in [0, 0.1) is 5.41 Å². The largest absolute Gasteiger partial charge is 0.363 e. The topological polar surface area (TPSA) is 3.24 Å². The van der Waals surface area contributed by atoms with E-state index in [0.717, 1.165) is 6.54 Å². The molecular weight excluding hydrogens is 298 g/mol. The van der Waals surface area contributed by atoms with Crippen molar-refractivity contribution in [3.05, 3.63) is 65.2 Å². The van der Waals surface area contributed by atoms with E-state index in [9.17, 15) is 0 Å². The third-order valence-electron chi connectivity index (χ3n) is 5.22. The quantitative estimate of drug-likeness (QED) is 0.632. The van der Waals surface area contributed by atoms with Gasteiger partial charge in [0, 0.05) is 29.7 Å². The van der Waals surface area contributed by atoms with Crippen molar-refractivity contribution >= 4 is 17.4 Å². The molecule has 0 aliphatic carbocycles. The van der Waals surface area contributed by atoms with E-state index >= 15 is 0 Å². The SMILES string of the molecule is CC(C)(C)C1c2ccccc2C2CSCCN2c2ccccc21. The number of anilines is 1. The van der Waals surface area contributed by atoms with E-state index in [2.05, 4.69) is 86.0 Å². The predicted octanol–water partition coefficient (Wildman–Crippen LogP) is 5.47. The number of benzene rings is 2. The van der Waals surface area contributed by atoms with E-state index in [-0.39, 0.29) is 5.41 Å². The van der Waals surface area contributed by atoms with Crippen LogP contribution < -0.4 is 4.90 Å². The highest BCUT2D eigenvalue weighted by atomic mass is 32.2. The lowest BCUT2D eigenvalue weighted by atomic mass is 9.71. The van der Waals surface area contributed by atoms with E-state index in [1.807, 2.05) is 0 Å². The highest BCUT2D eigenvalue weighted by Gasteiger charge is 2.38. The van der Waals surface area contributed by atoms with Crippen LogP contribution in [0.2, 0.25) is 0 Å². The Balaban J connectivity index is 2.02. The molecule has 0 amide bonds. The van der Waals surface area contributed by atoms with Gasteiger partial charge in [0.2, 0.25) is 0 Å². The van der Waals surface area contributed by atoms with Crippen LogP contribution in [0.1, 0.15) is 49.4 Å². The van der Waals surface area contributed by atoms with Crippen LogP contribution in [0.15, 0.2) is 48.5 Å². The summed E-state index contributed by atoms with van der Waals surface area (Å²) in [6.07, 6.45) is 0. The number of para-hydroxylation sites is 1. The van der Waals surface area contributed by atoms with Crippen LogP contribution in [0.3, 0.4) is 0 Å². The van der Waals surface area contributed by atoms with Gasteiger partial charge in [0.05, 0.1) is 6.04 Å². The smallest absolute Gasteiger partial charge is 0.0636 e. The normalized spacial score (nSPS) is 23.5. The lowest BCUT2D eigenvalue weighted by Gasteiger charge is -2.37. The number of thioether (sulfide) groups is 1. The number of fused-ring (bicyclic) bond motifs is 5. The average molecular weight is 324 g/mol. The Labute approximate surface area is 144 Å². The Hall–Kier alpha value is -1.41. The highest BCUT2D eigenvalue weighted by molar-refractivity contribution is 7.99. The maximum Gasteiger partial charge on any atom is 0.0636 e. The van der Waals surface area contributed by atoms with Crippen molar-refractivity contribution in [2.24, 2.45) is 5.41 Å². The molecule has 23 heavy (non-hydrogen) atoms. The summed E-state index contributed by atoms with van der Waals surface area (Å²) in [7, 11) is 0. The molecule has 0 bridgehead atoms. The highest BCUT2D eigenvalue weighted by Crippen LogP contribution is 2.51. The second-order valence-corrected chi connectivity index (χ2v) is 8.92. The standard InChI is InChI=1S/C21H25NS/c1-21(2,3)20-16-9-5-4-8-15(16)19-14-23-13-12-22(19)18-11-7-6-10-17(18)20/h4-11,19-20H,12-14H2,1-3H3. The van der Waals surface area contributed by atoms with Gasteiger partial charge in [-0.1, -0.05) is 63.2 Å². The summed E-state index contributed by atoms with van der Waals surface area (Å²) >= 11 is 2.10. The summed E-state index contributed by atoms with van der Waals surface area (Å²) in [6, 6.07) is 18.8. The molecule has 1 saturated heterocycles. The third-order valence-corrected chi connectivity index (χ3v) is 6.24. The van der Waals surface area contributed by atoms with Gasteiger partial charge in [-0.3, -0.25) is 0 Å². The molecule has 120 valence electrons. The molecule has 1 nitrogen and oxygen atoms in total. The van der Waals surface area contributed by atoms with Gasteiger partial charge in [-0.15, -0.1) is 0 Å². The van der Waals surface area contributed by atoms with Crippen molar-refractivity contribution in [1.29, 1.82) is 0 Å². The molecule has 2 heterocycles. The van der Waals surface area contributed by atoms with Gasteiger partial charge in [0.25, 0.3) is 0 Å². The Morgan fingerprint density at radius 1 is 0.913 bits per heavy atom. The predicted molar refractivity (Wildman–Crippen MR) is 102 cm³/mol. The molecule has 2 unspecified atom stereocenters. The summed E-state index contributed by atoms with van der Waals surface area (Å²) in [6.45, 7) is 8.29. The van der Waals surface area contributed by atoms with E-state index in [1.165, 1.54) is 33.9 Å². The first-order valence-electron chi connectivity index (χ1n) is 8.59. The van der Waals surface area contributed by atoms with Crippen LogP contribution in [0.5, 0.6) is 0 Å². The van der Waals surface area contributed by atoms with Crippen molar-refractivity contribution in [1.82, 2.24) is 0 Å². The maximum atomic E-state index is 2.66. The maximum absolute atomic E-state index is 2.66. The molecule has 0 radical (unpaired) electrons. The zero-order valence-electron chi connectivity index (χ0n) is 14.3. The molecule has 2 aliphatic heterocycles. The van der Waals surface area contributed by atoms with Gasteiger partial charge in [-0.05, 0) is 28.2 Å². The van der Waals surface area contributed by atoms with E-state index in [0.29, 0.717) is 12.0 Å². The molecule has 0 aromatic heterocycles. The molecule has 2 heteroatoms. The van der Waals surface area contributed by atoms with Gasteiger partial charge in [0.15, 0.2) is 0 Å². The van der Waals surface area contributed by atoms with Crippen molar-refractivity contribution in [2.75, 3.05) is 23.0 Å². The van der Waals surface area contributed by atoms with Crippen molar-refractivity contribution < 1.29 is 0 Å². The van der Waals surface area contributed by atoms with Crippen LogP contribution in [-0.4, -0.2) is 18.1 Å². The Morgan fingerprint density at radius 2 is 1.57 bits per heavy atom. The van der Waals surface area contributed by atoms with Gasteiger partial charge in [-0.2, -0.15) is 11.8 Å². The summed E-state index contributed by atoms with van der Waals surface area (Å²) in [5, 5.41) is 0. The van der Waals surface area contributed by atoms with Crippen LogP contribution in [0.4, 0.5) is 5.69 Å². The molecule has 2 aromatic rings. The van der Waals surface area contributed by atoms with Gasteiger partial charge < -0.3 is 4.90 Å². The molecular formula is C21H25NS. The summed E-state index contributed by atoms with van der Waals surface area (Å²) in [5.41, 5.74) is 6.22. The van der Waals surface area contributed by atoms with Gasteiger partial charge in [-0.25, -0.2) is 0 Å². The van der Waals surface area contributed by atoms with Crippen LogP contribution in [-0.2, 0) is 0 Å². The molecule has 1 fully saturated rings. The van der Waals surface area contributed by atoms with Gasteiger partial charge in [0.1, 0.15) is 0 Å². The molecule has 0 spiro atoms. The molecule has 0 saturated carbocycles. The zero-order chi connectivity index (χ0) is 16.0. The summed E-state index contributed by atoms with van der Waals surface area (Å²) in [4.78, 5) is 2.66. The van der Waals surface area contributed by atoms with Gasteiger partial charge >= 0.3 is 0 Å². The first kappa shape index (κ1) is 15.1. The van der Waals surface area contributed by atoms with E-state index in [4.69, 9.17) is 0 Å². The fraction of sp³-hybridized carbons (Fsp3) is 0.429. The zero-order valence-corrected chi connectivity index (χ0v) is 15.1. The number of rotatable bonds is 0. The summed E-state index contributed by atoms with van der Waals surface area (Å²) in [5.74, 6) is 2.88. The van der Waals surface area contributed by atoms with Crippen molar-refractivity contribution in [3.8, 4) is 0 Å². The lowest BCUT2D eigenvalue weighted by molar-refractivity contribution is 0.359. The lowest BCUT2D eigenvalue weighted by Crippen LogP contribution is -2.36. The van der Waals surface area contributed by atoms with Crippen LogP contribution in [0.25, 0.3) is 0 Å². The monoisotopic (exact) mass is 323 g/mol. The molecule has 2 aliphatic rings. The number of nitrogens with zero attached hydrogens (tertiary/aromatic N) is 1. The Bertz CT molecular complexity index is 660. The Morgan fingerprint density at radius 3 is 2.30 bits per heavy atom. The molecule has 4 rings (SSSR count). The molecule has 0 N–H and O–H groups in total. The minimum absolute atomic E-state index is 0.202. The fourth-order valence-corrected chi connectivity index (χ4v) is 5.40. The second kappa shape index (κ2) is 5.59. The van der Waals surface area contributed by atoms with Crippen molar-refractivity contribution in [2.45, 2.75) is 32.7 Å².